The number of hydrogen-bond donors (Lipinski definition) is 0. The second-order valence-corrected chi connectivity index (χ2v) is 11.2. The summed E-state index contributed by atoms with van der Waals surface area (Å²) in [6.45, 7) is 2.51. The highest BCUT2D eigenvalue weighted by Crippen LogP contribution is 2.38. The van der Waals surface area contributed by atoms with Crippen molar-refractivity contribution < 1.29 is 17.6 Å². The fourth-order valence-electron chi connectivity index (χ4n) is 3.94. The lowest BCUT2D eigenvalue weighted by Gasteiger charge is -2.24. The zero-order valence-corrected chi connectivity index (χ0v) is 18.3. The normalized spacial score (nSPS) is 23.7. The molecular formula is C22H23FN2O3S2. The van der Waals surface area contributed by atoms with Gasteiger partial charge in [0.05, 0.1) is 24.0 Å². The van der Waals surface area contributed by atoms with E-state index in [1.807, 2.05) is 36.1 Å². The molecule has 1 amide bonds. The first kappa shape index (κ1) is 21.1. The zero-order valence-electron chi connectivity index (χ0n) is 16.6. The molecular weight excluding hydrogens is 423 g/mol. The molecule has 0 saturated carbocycles. The van der Waals surface area contributed by atoms with E-state index in [1.165, 1.54) is 23.9 Å². The van der Waals surface area contributed by atoms with Crippen LogP contribution in [-0.4, -0.2) is 53.7 Å². The summed E-state index contributed by atoms with van der Waals surface area (Å²) in [7, 11) is -3.08. The van der Waals surface area contributed by atoms with E-state index in [1.54, 1.807) is 12.1 Å². The van der Waals surface area contributed by atoms with Crippen molar-refractivity contribution >= 4 is 32.7 Å². The number of amides is 1. The number of aryl methyl sites for hydroxylation is 1. The van der Waals surface area contributed by atoms with E-state index >= 15 is 0 Å². The summed E-state index contributed by atoms with van der Waals surface area (Å²) in [5, 5.41) is 0.494. The van der Waals surface area contributed by atoms with Crippen molar-refractivity contribution in [2.24, 2.45) is 4.99 Å². The van der Waals surface area contributed by atoms with Crippen LogP contribution in [-0.2, 0) is 27.5 Å². The summed E-state index contributed by atoms with van der Waals surface area (Å²) in [5.41, 5.74) is 2.95. The Labute approximate surface area is 180 Å². The number of rotatable bonds is 5. The molecule has 8 heteroatoms. The predicted molar refractivity (Wildman–Crippen MR) is 118 cm³/mol. The molecule has 0 radical (unpaired) electrons. The third kappa shape index (κ3) is 4.92. The fourth-order valence-corrected chi connectivity index (χ4v) is 7.94. The molecule has 2 atom stereocenters. The number of hydrogen-bond acceptors (Lipinski definition) is 4. The predicted octanol–water partition coefficient (Wildman–Crippen LogP) is 3.02. The second-order valence-electron chi connectivity index (χ2n) is 7.82. The number of aliphatic imine (C=N–C) groups is 1. The van der Waals surface area contributed by atoms with Crippen molar-refractivity contribution in [1.82, 2.24) is 4.90 Å². The Hall–Kier alpha value is -2.19. The monoisotopic (exact) mass is 446 g/mol. The molecule has 0 unspecified atom stereocenters. The summed E-state index contributed by atoms with van der Waals surface area (Å²) < 4.78 is 37.4. The van der Waals surface area contributed by atoms with Crippen LogP contribution in [0.4, 0.5) is 4.39 Å². The Morgan fingerprint density at radius 2 is 1.93 bits per heavy atom. The number of sulfone groups is 1. The number of thioether (sulfide) groups is 1. The minimum atomic E-state index is -3.08. The first-order valence-corrected chi connectivity index (χ1v) is 12.5. The Bertz CT molecular complexity index is 1080. The lowest BCUT2D eigenvalue weighted by atomic mass is 10.1. The van der Waals surface area contributed by atoms with Gasteiger partial charge in [-0.05, 0) is 36.6 Å². The van der Waals surface area contributed by atoms with Crippen LogP contribution in [0.1, 0.15) is 16.7 Å². The summed E-state index contributed by atoms with van der Waals surface area (Å²) in [6.07, 6.45) is 0.834. The number of benzene rings is 2. The number of amidine groups is 1. The van der Waals surface area contributed by atoms with Crippen molar-refractivity contribution in [3.05, 3.63) is 71.0 Å². The maximum atomic E-state index is 13.2. The third-order valence-electron chi connectivity index (χ3n) is 5.39. The minimum absolute atomic E-state index is 0.0825. The van der Waals surface area contributed by atoms with E-state index in [9.17, 15) is 17.6 Å². The topological polar surface area (TPSA) is 66.8 Å². The van der Waals surface area contributed by atoms with Crippen molar-refractivity contribution in [2.75, 3.05) is 18.1 Å². The van der Waals surface area contributed by atoms with Crippen LogP contribution < -0.4 is 0 Å². The number of nitrogens with zero attached hydrogens (tertiary/aromatic N) is 2. The molecule has 0 N–H and O–H groups in total. The standard InChI is InChI=1S/C22H23FN2O3S2/c1-15-3-2-4-17(11-15)12-21(26)24-22-25(10-9-16-5-7-18(23)8-6-16)19-13-30(27,28)14-20(19)29-22/h2-8,11,19-20H,9-10,12-14H2,1H3/t19-,20-/m0/s1. The summed E-state index contributed by atoms with van der Waals surface area (Å²) >= 11 is 1.39. The first-order valence-electron chi connectivity index (χ1n) is 9.84. The molecule has 158 valence electrons. The number of carbonyl (C=O) groups is 1. The van der Waals surface area contributed by atoms with Crippen molar-refractivity contribution in [3.63, 3.8) is 0 Å². The van der Waals surface area contributed by atoms with Gasteiger partial charge in [0.15, 0.2) is 15.0 Å². The molecule has 0 spiro atoms. The van der Waals surface area contributed by atoms with Crippen LogP contribution >= 0.6 is 11.8 Å². The average Bonchev–Trinajstić information content (AvgIpc) is 3.12. The fraction of sp³-hybridized carbons (Fsp3) is 0.364. The highest BCUT2D eigenvalue weighted by atomic mass is 32.2. The SMILES string of the molecule is Cc1cccc(CC(=O)N=C2S[C@H]3CS(=O)(=O)C[C@@H]3N2CCc2ccc(F)cc2)c1. The molecule has 2 aliphatic rings. The average molecular weight is 447 g/mol. The summed E-state index contributed by atoms with van der Waals surface area (Å²) in [4.78, 5) is 18.9. The van der Waals surface area contributed by atoms with Crippen LogP contribution in [0.3, 0.4) is 0 Å². The third-order valence-corrected chi connectivity index (χ3v) is 8.64. The van der Waals surface area contributed by atoms with E-state index in [2.05, 4.69) is 4.99 Å². The number of carbonyl (C=O) groups excluding carboxylic acids is 1. The Morgan fingerprint density at radius 3 is 2.67 bits per heavy atom. The van der Waals surface area contributed by atoms with E-state index in [-0.39, 0.29) is 40.9 Å². The molecule has 2 aromatic rings. The highest BCUT2D eigenvalue weighted by Gasteiger charge is 2.48. The molecule has 30 heavy (non-hydrogen) atoms. The van der Waals surface area contributed by atoms with Crippen molar-refractivity contribution in [2.45, 2.75) is 31.1 Å². The van der Waals surface area contributed by atoms with Crippen LogP contribution in [0.15, 0.2) is 53.5 Å². The van der Waals surface area contributed by atoms with Crippen molar-refractivity contribution in [1.29, 1.82) is 0 Å². The molecule has 5 nitrogen and oxygen atoms in total. The molecule has 2 fully saturated rings. The highest BCUT2D eigenvalue weighted by molar-refractivity contribution is 8.15. The van der Waals surface area contributed by atoms with E-state index in [4.69, 9.17) is 0 Å². The van der Waals surface area contributed by atoms with Gasteiger partial charge in [-0.1, -0.05) is 53.7 Å². The summed E-state index contributed by atoms with van der Waals surface area (Å²) in [5.74, 6) is -0.334. The van der Waals surface area contributed by atoms with E-state index in [0.29, 0.717) is 18.1 Å². The van der Waals surface area contributed by atoms with Crippen LogP contribution in [0.2, 0.25) is 0 Å². The van der Waals surface area contributed by atoms with Gasteiger partial charge in [0, 0.05) is 11.8 Å². The number of fused-ring (bicyclic) bond motifs is 1. The van der Waals surface area contributed by atoms with Crippen LogP contribution in [0.5, 0.6) is 0 Å². The van der Waals surface area contributed by atoms with E-state index < -0.39 is 9.84 Å². The molecule has 0 aromatic heterocycles. The number of halogens is 1. The van der Waals surface area contributed by atoms with E-state index in [0.717, 1.165) is 16.7 Å². The Morgan fingerprint density at radius 1 is 1.17 bits per heavy atom. The molecule has 2 aliphatic heterocycles. The van der Waals surface area contributed by atoms with Gasteiger partial charge >= 0.3 is 0 Å². The van der Waals surface area contributed by atoms with Gasteiger partial charge in [0.2, 0.25) is 0 Å². The van der Waals surface area contributed by atoms with Gasteiger partial charge in [-0.2, -0.15) is 4.99 Å². The molecule has 2 heterocycles. The lowest BCUT2D eigenvalue weighted by molar-refractivity contribution is -0.117. The van der Waals surface area contributed by atoms with Gasteiger partial charge in [-0.3, -0.25) is 4.79 Å². The van der Waals surface area contributed by atoms with Gasteiger partial charge in [-0.25, -0.2) is 12.8 Å². The smallest absolute Gasteiger partial charge is 0.252 e. The van der Waals surface area contributed by atoms with Gasteiger partial charge < -0.3 is 4.90 Å². The van der Waals surface area contributed by atoms with Gasteiger partial charge in [0.1, 0.15) is 5.82 Å². The van der Waals surface area contributed by atoms with Gasteiger partial charge in [-0.15, -0.1) is 0 Å². The molecule has 0 bridgehead atoms. The maximum absolute atomic E-state index is 13.2. The zero-order chi connectivity index (χ0) is 21.3. The van der Waals surface area contributed by atoms with Gasteiger partial charge in [0.25, 0.3) is 5.91 Å². The minimum Gasteiger partial charge on any atom is -0.346 e. The molecule has 2 saturated heterocycles. The lowest BCUT2D eigenvalue weighted by Crippen LogP contribution is -2.39. The largest absolute Gasteiger partial charge is 0.346 e. The molecule has 0 aliphatic carbocycles. The second kappa shape index (κ2) is 8.51. The molecule has 2 aromatic carbocycles. The Kier molecular flexibility index (Phi) is 5.97. The van der Waals surface area contributed by atoms with Crippen molar-refractivity contribution in [3.8, 4) is 0 Å². The maximum Gasteiger partial charge on any atom is 0.252 e. The molecule has 4 rings (SSSR count). The van der Waals surface area contributed by atoms with Crippen LogP contribution in [0, 0.1) is 12.7 Å². The quantitative estimate of drug-likeness (QED) is 0.706. The Balaban J connectivity index is 1.51. The first-order chi connectivity index (χ1) is 14.3. The summed E-state index contributed by atoms with van der Waals surface area (Å²) in [6, 6.07) is 13.9. The van der Waals surface area contributed by atoms with Crippen LogP contribution in [0.25, 0.3) is 0 Å².